The van der Waals surface area contributed by atoms with Gasteiger partial charge in [0.05, 0.1) is 12.8 Å². The molecule has 1 aromatic heterocycles. The number of nitrogens with one attached hydrogen (secondary N) is 1. The fourth-order valence-corrected chi connectivity index (χ4v) is 5.74. The Balaban J connectivity index is 1.77. The van der Waals surface area contributed by atoms with E-state index in [2.05, 4.69) is 21.5 Å². The van der Waals surface area contributed by atoms with Gasteiger partial charge in [-0.3, -0.25) is 9.62 Å². The summed E-state index contributed by atoms with van der Waals surface area (Å²) in [5.41, 5.74) is 0.856. The van der Waals surface area contributed by atoms with Crippen LogP contribution in [-0.4, -0.2) is 38.5 Å². The maximum Gasteiger partial charge on any atom is 0.267 e. The summed E-state index contributed by atoms with van der Waals surface area (Å²) in [6.07, 6.45) is 2.40. The number of methoxy groups -OCH3 is 1. The summed E-state index contributed by atoms with van der Waals surface area (Å²) in [4.78, 5) is 7.89. The zero-order chi connectivity index (χ0) is 19.6. The van der Waals surface area contributed by atoms with Crippen LogP contribution in [0.5, 0.6) is 5.75 Å². The molecule has 0 radical (unpaired) electrons. The van der Waals surface area contributed by atoms with Crippen LogP contribution in [0.4, 0.5) is 5.13 Å². The van der Waals surface area contributed by atoms with Crippen molar-refractivity contribution >= 4 is 38.1 Å². The smallest absolute Gasteiger partial charge is 0.267 e. The summed E-state index contributed by atoms with van der Waals surface area (Å²) < 4.78 is 33.3. The Bertz CT molecular complexity index is 907. The van der Waals surface area contributed by atoms with E-state index in [0.717, 1.165) is 36.1 Å². The lowest BCUT2D eigenvalue weighted by atomic mass is 9.99. The molecule has 0 spiro atoms. The number of piperidine rings is 1. The average Bonchev–Trinajstić information content (AvgIpc) is 2.95. The van der Waals surface area contributed by atoms with E-state index in [4.69, 9.17) is 16.3 Å². The molecule has 3 rings (SSSR count). The second-order valence-corrected chi connectivity index (χ2v) is 10.1. The van der Waals surface area contributed by atoms with Crippen molar-refractivity contribution in [3.05, 3.63) is 33.8 Å². The van der Waals surface area contributed by atoms with Crippen LogP contribution in [0.2, 0.25) is 5.02 Å². The van der Waals surface area contributed by atoms with E-state index in [-0.39, 0.29) is 10.6 Å². The molecule has 0 amide bonds. The van der Waals surface area contributed by atoms with Gasteiger partial charge >= 0.3 is 0 Å². The SMILES string of the molecule is COc1ccc(Cl)cc1S(=O)(=O)Nc1nc(C)c(CN2CCC(C)CC2)s1. The number of hydrogen-bond donors (Lipinski definition) is 1. The van der Waals surface area contributed by atoms with Gasteiger partial charge in [0.1, 0.15) is 10.6 Å². The molecule has 148 valence electrons. The molecule has 0 aliphatic carbocycles. The first-order chi connectivity index (χ1) is 12.8. The minimum atomic E-state index is -3.85. The van der Waals surface area contributed by atoms with Gasteiger partial charge in [-0.05, 0) is 57.0 Å². The van der Waals surface area contributed by atoms with Crippen molar-refractivity contribution in [1.82, 2.24) is 9.88 Å². The number of rotatable bonds is 6. The molecular formula is C18H24ClN3O3S2. The number of sulfonamides is 1. The van der Waals surface area contributed by atoms with E-state index in [1.165, 1.54) is 43.4 Å². The van der Waals surface area contributed by atoms with E-state index in [0.29, 0.717) is 10.2 Å². The van der Waals surface area contributed by atoms with Gasteiger partial charge in [0.25, 0.3) is 10.0 Å². The van der Waals surface area contributed by atoms with E-state index in [9.17, 15) is 8.42 Å². The fourth-order valence-electron chi connectivity index (χ4n) is 3.07. The van der Waals surface area contributed by atoms with Gasteiger partial charge in [0.15, 0.2) is 5.13 Å². The van der Waals surface area contributed by atoms with Crippen LogP contribution in [0.25, 0.3) is 0 Å². The summed E-state index contributed by atoms with van der Waals surface area (Å²) >= 11 is 7.34. The highest BCUT2D eigenvalue weighted by atomic mass is 35.5. The number of ether oxygens (including phenoxy) is 1. The van der Waals surface area contributed by atoms with Crippen LogP contribution >= 0.6 is 22.9 Å². The largest absolute Gasteiger partial charge is 0.495 e. The van der Waals surface area contributed by atoms with Crippen LogP contribution < -0.4 is 9.46 Å². The average molecular weight is 430 g/mol. The van der Waals surface area contributed by atoms with Gasteiger partial charge < -0.3 is 4.74 Å². The van der Waals surface area contributed by atoms with Crippen LogP contribution in [0.3, 0.4) is 0 Å². The molecule has 1 aliphatic heterocycles. The molecule has 0 bridgehead atoms. The molecule has 27 heavy (non-hydrogen) atoms. The van der Waals surface area contributed by atoms with Gasteiger partial charge in [-0.25, -0.2) is 13.4 Å². The van der Waals surface area contributed by atoms with Crippen LogP contribution in [0.15, 0.2) is 23.1 Å². The topological polar surface area (TPSA) is 71.5 Å². The number of nitrogens with zero attached hydrogens (tertiary/aromatic N) is 2. The van der Waals surface area contributed by atoms with Gasteiger partial charge in [-0.15, -0.1) is 0 Å². The number of halogens is 1. The molecule has 2 heterocycles. The predicted octanol–water partition coefficient (Wildman–Crippen LogP) is 4.15. The summed E-state index contributed by atoms with van der Waals surface area (Å²) in [6, 6.07) is 4.50. The Hall–Kier alpha value is -1.35. The molecule has 1 saturated heterocycles. The minimum Gasteiger partial charge on any atom is -0.495 e. The lowest BCUT2D eigenvalue weighted by Crippen LogP contribution is -2.32. The zero-order valence-electron chi connectivity index (χ0n) is 15.7. The maximum atomic E-state index is 12.8. The van der Waals surface area contributed by atoms with Crippen LogP contribution in [-0.2, 0) is 16.6 Å². The van der Waals surface area contributed by atoms with E-state index in [1.807, 2.05) is 6.92 Å². The molecule has 1 aromatic carbocycles. The minimum absolute atomic E-state index is 0.00285. The van der Waals surface area contributed by atoms with Gasteiger partial charge in [0.2, 0.25) is 0 Å². The van der Waals surface area contributed by atoms with Crippen LogP contribution in [0, 0.1) is 12.8 Å². The Morgan fingerprint density at radius 1 is 1.37 bits per heavy atom. The van der Waals surface area contributed by atoms with Crippen molar-refractivity contribution in [3.8, 4) is 5.75 Å². The molecular weight excluding hydrogens is 406 g/mol. The second-order valence-electron chi connectivity index (χ2n) is 6.89. The van der Waals surface area contributed by atoms with E-state index in [1.54, 1.807) is 6.07 Å². The highest BCUT2D eigenvalue weighted by molar-refractivity contribution is 7.93. The van der Waals surface area contributed by atoms with E-state index >= 15 is 0 Å². The Kier molecular flexibility index (Phi) is 6.30. The number of likely N-dealkylation sites (tertiary alicyclic amines) is 1. The van der Waals surface area contributed by atoms with Crippen molar-refractivity contribution in [3.63, 3.8) is 0 Å². The fraction of sp³-hybridized carbons (Fsp3) is 0.500. The van der Waals surface area contributed by atoms with Crippen molar-refractivity contribution < 1.29 is 13.2 Å². The quantitative estimate of drug-likeness (QED) is 0.746. The Labute approximate surface area is 169 Å². The van der Waals surface area contributed by atoms with Crippen molar-refractivity contribution in [2.24, 2.45) is 5.92 Å². The summed E-state index contributed by atoms with van der Waals surface area (Å²) in [5, 5.41) is 0.682. The molecule has 2 aromatic rings. The third kappa shape index (κ3) is 4.93. The highest BCUT2D eigenvalue weighted by Gasteiger charge is 2.23. The van der Waals surface area contributed by atoms with Gasteiger partial charge in [0, 0.05) is 16.4 Å². The molecule has 6 nitrogen and oxygen atoms in total. The third-order valence-electron chi connectivity index (χ3n) is 4.77. The summed E-state index contributed by atoms with van der Waals surface area (Å²) in [6.45, 7) is 7.14. The number of thiazole rings is 1. The highest BCUT2D eigenvalue weighted by Crippen LogP contribution is 2.31. The van der Waals surface area contributed by atoms with E-state index < -0.39 is 10.0 Å². The van der Waals surface area contributed by atoms with Gasteiger partial charge in [-0.1, -0.05) is 29.9 Å². The number of aromatic nitrogens is 1. The van der Waals surface area contributed by atoms with Gasteiger partial charge in [-0.2, -0.15) is 0 Å². The summed E-state index contributed by atoms with van der Waals surface area (Å²) in [7, 11) is -2.42. The second kappa shape index (κ2) is 8.34. The maximum absolute atomic E-state index is 12.8. The molecule has 0 atom stereocenters. The van der Waals surface area contributed by atoms with Crippen molar-refractivity contribution in [2.45, 2.75) is 38.1 Å². The Morgan fingerprint density at radius 2 is 2.07 bits per heavy atom. The monoisotopic (exact) mass is 429 g/mol. The number of benzene rings is 1. The molecule has 1 fully saturated rings. The lowest BCUT2D eigenvalue weighted by Gasteiger charge is -2.29. The molecule has 9 heteroatoms. The summed E-state index contributed by atoms with van der Waals surface area (Å²) in [5.74, 6) is 1.02. The molecule has 1 aliphatic rings. The molecule has 0 saturated carbocycles. The molecule has 0 unspecified atom stereocenters. The molecule has 1 N–H and O–H groups in total. The standard InChI is InChI=1S/C18H24ClN3O3S2/c1-12-6-8-22(9-7-12)11-16-13(2)20-18(26-16)21-27(23,24)17-10-14(19)4-5-15(17)25-3/h4-5,10,12H,6-9,11H2,1-3H3,(H,20,21). The normalized spacial score (nSPS) is 16.4. The predicted molar refractivity (Wildman–Crippen MR) is 109 cm³/mol. The lowest BCUT2D eigenvalue weighted by molar-refractivity contribution is 0.186. The number of anilines is 1. The first-order valence-electron chi connectivity index (χ1n) is 8.83. The number of hydrogen-bond acceptors (Lipinski definition) is 6. The first kappa shape index (κ1) is 20.4. The third-order valence-corrected chi connectivity index (χ3v) is 7.56. The first-order valence-corrected chi connectivity index (χ1v) is 11.5. The van der Waals surface area contributed by atoms with Crippen LogP contribution in [0.1, 0.15) is 30.3 Å². The zero-order valence-corrected chi connectivity index (χ0v) is 18.0. The van der Waals surface area contributed by atoms with Crippen molar-refractivity contribution in [1.29, 1.82) is 0 Å². The Morgan fingerprint density at radius 3 is 2.74 bits per heavy atom. The number of aryl methyl sites for hydroxylation is 1. The van der Waals surface area contributed by atoms with Crippen molar-refractivity contribution in [2.75, 3.05) is 24.9 Å².